The molecular formula is C14H15NO3. The maximum absolute atomic E-state index is 12.5. The number of nitrogens with zero attached hydrogens (tertiary/aromatic N) is 1. The second-order valence-corrected chi connectivity index (χ2v) is 4.62. The molecule has 1 fully saturated rings. The van der Waals surface area contributed by atoms with E-state index in [0.29, 0.717) is 24.8 Å². The van der Waals surface area contributed by atoms with E-state index in [0.717, 1.165) is 0 Å². The van der Waals surface area contributed by atoms with Crippen LogP contribution in [0, 0.1) is 5.41 Å². The maximum Gasteiger partial charge on any atom is 0.236 e. The Morgan fingerprint density at radius 3 is 2.56 bits per heavy atom. The van der Waals surface area contributed by atoms with Gasteiger partial charge >= 0.3 is 0 Å². The van der Waals surface area contributed by atoms with Crippen molar-refractivity contribution in [3.63, 3.8) is 0 Å². The number of rotatable bonds is 4. The van der Waals surface area contributed by atoms with Crippen molar-refractivity contribution >= 4 is 18.0 Å². The minimum Gasteiger partial charge on any atom is -0.345 e. The lowest BCUT2D eigenvalue weighted by Crippen LogP contribution is -2.39. The summed E-state index contributed by atoms with van der Waals surface area (Å²) >= 11 is 0. The summed E-state index contributed by atoms with van der Waals surface area (Å²) in [5, 5.41) is 0. The van der Waals surface area contributed by atoms with Crippen LogP contribution in [-0.4, -0.2) is 36.5 Å². The zero-order valence-corrected chi connectivity index (χ0v) is 10.3. The molecule has 1 aromatic rings. The van der Waals surface area contributed by atoms with Gasteiger partial charge in [0.15, 0.2) is 5.78 Å². The van der Waals surface area contributed by atoms with E-state index >= 15 is 0 Å². The molecule has 94 valence electrons. The number of amides is 1. The minimum atomic E-state index is -1.18. The Morgan fingerprint density at radius 1 is 1.39 bits per heavy atom. The highest BCUT2D eigenvalue weighted by Gasteiger charge is 2.51. The average molecular weight is 245 g/mol. The molecule has 1 aliphatic rings. The summed E-state index contributed by atoms with van der Waals surface area (Å²) in [5.41, 5.74) is -0.694. The van der Waals surface area contributed by atoms with Crippen molar-refractivity contribution in [3.05, 3.63) is 35.9 Å². The van der Waals surface area contributed by atoms with Crippen molar-refractivity contribution in [2.75, 3.05) is 13.6 Å². The van der Waals surface area contributed by atoms with Crippen LogP contribution in [-0.2, 0) is 9.59 Å². The molecule has 0 bridgehead atoms. The number of benzene rings is 1. The average Bonchev–Trinajstić information content (AvgIpc) is 2.69. The van der Waals surface area contributed by atoms with Gasteiger partial charge in [-0.15, -0.1) is 0 Å². The van der Waals surface area contributed by atoms with E-state index in [4.69, 9.17) is 0 Å². The van der Waals surface area contributed by atoms with E-state index in [9.17, 15) is 14.4 Å². The number of carbonyl (C=O) groups excluding carboxylic acids is 3. The molecule has 0 aliphatic carbocycles. The van der Waals surface area contributed by atoms with Crippen LogP contribution in [0.1, 0.15) is 23.2 Å². The lowest BCUT2D eigenvalue weighted by molar-refractivity contribution is -0.134. The van der Waals surface area contributed by atoms with Crippen LogP contribution in [0.25, 0.3) is 0 Å². The van der Waals surface area contributed by atoms with Crippen LogP contribution >= 0.6 is 0 Å². The van der Waals surface area contributed by atoms with Crippen molar-refractivity contribution in [1.29, 1.82) is 0 Å². The molecule has 18 heavy (non-hydrogen) atoms. The first kappa shape index (κ1) is 12.5. The van der Waals surface area contributed by atoms with Crippen LogP contribution in [0.5, 0.6) is 0 Å². The zero-order valence-electron chi connectivity index (χ0n) is 10.3. The van der Waals surface area contributed by atoms with E-state index in [1.807, 2.05) is 6.07 Å². The van der Waals surface area contributed by atoms with E-state index in [-0.39, 0.29) is 18.1 Å². The lowest BCUT2D eigenvalue weighted by atomic mass is 9.76. The Labute approximate surface area is 106 Å². The summed E-state index contributed by atoms with van der Waals surface area (Å²) in [6, 6.07) is 8.68. The SMILES string of the molecule is CN1CCC(CC=O)(C(=O)c2ccccc2)C1=O. The van der Waals surface area contributed by atoms with Gasteiger partial charge in [0.1, 0.15) is 11.7 Å². The molecule has 0 aromatic heterocycles. The van der Waals surface area contributed by atoms with Gasteiger partial charge in [-0.2, -0.15) is 0 Å². The highest BCUT2D eigenvalue weighted by Crippen LogP contribution is 2.37. The monoisotopic (exact) mass is 245 g/mol. The summed E-state index contributed by atoms with van der Waals surface area (Å²) in [6.07, 6.45) is 1.04. The first-order valence-corrected chi connectivity index (χ1v) is 5.91. The van der Waals surface area contributed by atoms with Crippen molar-refractivity contribution in [3.8, 4) is 0 Å². The van der Waals surface area contributed by atoms with Crippen molar-refractivity contribution in [2.24, 2.45) is 5.41 Å². The van der Waals surface area contributed by atoms with Crippen LogP contribution in [0.15, 0.2) is 30.3 Å². The van der Waals surface area contributed by atoms with Crippen molar-refractivity contribution in [1.82, 2.24) is 4.90 Å². The smallest absolute Gasteiger partial charge is 0.236 e. The van der Waals surface area contributed by atoms with E-state index in [2.05, 4.69) is 0 Å². The summed E-state index contributed by atoms with van der Waals surface area (Å²) in [5.74, 6) is -0.493. The Kier molecular flexibility index (Phi) is 3.28. The first-order valence-electron chi connectivity index (χ1n) is 5.91. The molecule has 0 N–H and O–H groups in total. The van der Waals surface area contributed by atoms with Crippen LogP contribution < -0.4 is 0 Å². The molecule has 1 amide bonds. The molecule has 0 saturated carbocycles. The number of ketones is 1. The zero-order chi connectivity index (χ0) is 13.2. The number of aldehydes is 1. The number of likely N-dealkylation sites (tertiary alicyclic amines) is 1. The summed E-state index contributed by atoms with van der Waals surface area (Å²) in [6.45, 7) is 0.519. The molecule has 0 spiro atoms. The molecule has 1 atom stereocenters. The quantitative estimate of drug-likeness (QED) is 0.456. The third-order valence-corrected chi connectivity index (χ3v) is 3.53. The number of hydrogen-bond donors (Lipinski definition) is 0. The van der Waals surface area contributed by atoms with Crippen molar-refractivity contribution < 1.29 is 14.4 Å². The second-order valence-electron chi connectivity index (χ2n) is 4.62. The molecular weight excluding hydrogens is 230 g/mol. The predicted octanol–water partition coefficient (Wildman–Crippen LogP) is 1.31. The molecule has 1 aliphatic heterocycles. The van der Waals surface area contributed by atoms with Gasteiger partial charge in [0.25, 0.3) is 0 Å². The fourth-order valence-corrected chi connectivity index (χ4v) is 2.43. The number of Topliss-reactive ketones (excluding diaryl/α,β-unsaturated/α-hetero) is 1. The Balaban J connectivity index is 2.40. The predicted molar refractivity (Wildman–Crippen MR) is 66.1 cm³/mol. The lowest BCUT2D eigenvalue weighted by Gasteiger charge is -2.23. The molecule has 0 radical (unpaired) electrons. The van der Waals surface area contributed by atoms with E-state index in [1.54, 1.807) is 31.3 Å². The summed E-state index contributed by atoms with van der Waals surface area (Å²) < 4.78 is 0. The number of hydrogen-bond acceptors (Lipinski definition) is 3. The van der Waals surface area contributed by atoms with Gasteiger partial charge in [-0.1, -0.05) is 30.3 Å². The first-order chi connectivity index (χ1) is 8.62. The summed E-state index contributed by atoms with van der Waals surface area (Å²) in [7, 11) is 1.66. The van der Waals surface area contributed by atoms with Crippen LogP contribution in [0.4, 0.5) is 0 Å². The van der Waals surface area contributed by atoms with Gasteiger partial charge in [-0.05, 0) is 6.42 Å². The normalized spacial score (nSPS) is 23.2. The fourth-order valence-electron chi connectivity index (χ4n) is 2.43. The Morgan fingerprint density at radius 2 is 2.06 bits per heavy atom. The van der Waals surface area contributed by atoms with Gasteiger partial charge in [-0.25, -0.2) is 0 Å². The highest BCUT2D eigenvalue weighted by atomic mass is 16.2. The molecule has 1 heterocycles. The largest absolute Gasteiger partial charge is 0.345 e. The topological polar surface area (TPSA) is 54.5 Å². The van der Waals surface area contributed by atoms with Crippen molar-refractivity contribution in [2.45, 2.75) is 12.8 Å². The van der Waals surface area contributed by atoms with Crippen LogP contribution in [0.3, 0.4) is 0 Å². The molecule has 1 unspecified atom stereocenters. The van der Waals surface area contributed by atoms with Gasteiger partial charge in [0.2, 0.25) is 5.91 Å². The number of carbonyl (C=O) groups is 3. The molecule has 1 aromatic carbocycles. The van der Waals surface area contributed by atoms with E-state index in [1.165, 1.54) is 4.90 Å². The summed E-state index contributed by atoms with van der Waals surface area (Å²) in [4.78, 5) is 37.0. The van der Waals surface area contributed by atoms with Gasteiger partial charge < -0.3 is 9.69 Å². The third-order valence-electron chi connectivity index (χ3n) is 3.53. The maximum atomic E-state index is 12.5. The fraction of sp³-hybridized carbons (Fsp3) is 0.357. The molecule has 4 nitrogen and oxygen atoms in total. The molecule has 1 saturated heterocycles. The van der Waals surface area contributed by atoms with E-state index < -0.39 is 5.41 Å². The third kappa shape index (κ3) is 1.83. The Bertz CT molecular complexity index is 483. The molecule has 2 rings (SSSR count). The van der Waals surface area contributed by atoms with Gasteiger partial charge in [-0.3, -0.25) is 9.59 Å². The minimum absolute atomic E-state index is 0.0378. The van der Waals surface area contributed by atoms with Crippen LogP contribution in [0.2, 0.25) is 0 Å². The van der Waals surface area contributed by atoms with Gasteiger partial charge in [0.05, 0.1) is 0 Å². The standard InChI is InChI=1S/C14H15NO3/c1-15-9-7-14(8-10-16,13(15)18)12(17)11-5-3-2-4-6-11/h2-6,10H,7-9H2,1H3. The molecule has 4 heteroatoms. The Hall–Kier alpha value is -1.97. The highest BCUT2D eigenvalue weighted by molar-refractivity contribution is 6.15. The van der Waals surface area contributed by atoms with Gasteiger partial charge in [0, 0.05) is 25.6 Å². The second kappa shape index (κ2) is 4.72.